The summed E-state index contributed by atoms with van der Waals surface area (Å²) >= 11 is 30.0. The molecule has 2 rings (SSSR count). The number of carboxylic acids is 1. The average Bonchev–Trinajstić information content (AvgIpc) is 2.48. The first-order valence-corrected chi connectivity index (χ1v) is 7.34. The highest BCUT2D eigenvalue weighted by atomic mass is 35.5. The molecule has 0 spiro atoms. The number of aromatic carboxylic acids is 1. The van der Waals surface area contributed by atoms with E-state index in [9.17, 15) is 4.79 Å². The van der Waals surface area contributed by atoms with E-state index < -0.39 is 5.97 Å². The SMILES string of the molecule is O=C(O)c1ccccc1Nc1c(Cl)c(Cl)c(Cl)c(Cl)c1Cl. The second-order valence-electron chi connectivity index (χ2n) is 3.92. The lowest BCUT2D eigenvalue weighted by molar-refractivity contribution is 0.0698. The number of hydrogen-bond acceptors (Lipinski definition) is 2. The minimum atomic E-state index is -1.10. The summed E-state index contributed by atoms with van der Waals surface area (Å²) in [5.74, 6) is -1.10. The standard InChI is InChI=1S/C13H6Cl5NO2/c14-7-8(15)10(17)12(11(18)9(7)16)19-6-4-2-1-3-5(6)13(20)21/h1-4,19H,(H,20,21). The van der Waals surface area contributed by atoms with Crippen molar-refractivity contribution in [2.45, 2.75) is 0 Å². The Bertz CT molecular complexity index is 704. The van der Waals surface area contributed by atoms with Gasteiger partial charge in [0, 0.05) is 0 Å². The van der Waals surface area contributed by atoms with Crippen molar-refractivity contribution in [1.29, 1.82) is 0 Å². The molecule has 0 aromatic heterocycles. The molecule has 0 radical (unpaired) electrons. The molecule has 8 heteroatoms. The van der Waals surface area contributed by atoms with Crippen molar-refractivity contribution in [2.75, 3.05) is 5.32 Å². The van der Waals surface area contributed by atoms with E-state index in [4.69, 9.17) is 63.1 Å². The van der Waals surface area contributed by atoms with Crippen LogP contribution in [0.5, 0.6) is 0 Å². The van der Waals surface area contributed by atoms with Gasteiger partial charge < -0.3 is 10.4 Å². The number of nitrogens with one attached hydrogen (secondary N) is 1. The van der Waals surface area contributed by atoms with Crippen molar-refractivity contribution in [3.8, 4) is 0 Å². The number of halogens is 5. The van der Waals surface area contributed by atoms with Crippen LogP contribution in [-0.2, 0) is 0 Å². The first-order chi connectivity index (χ1) is 9.84. The van der Waals surface area contributed by atoms with Gasteiger partial charge in [-0.15, -0.1) is 0 Å². The van der Waals surface area contributed by atoms with E-state index >= 15 is 0 Å². The van der Waals surface area contributed by atoms with Gasteiger partial charge in [-0.2, -0.15) is 0 Å². The highest BCUT2D eigenvalue weighted by Crippen LogP contribution is 2.47. The zero-order chi connectivity index (χ0) is 15.7. The maximum Gasteiger partial charge on any atom is 0.337 e. The average molecular weight is 385 g/mol. The van der Waals surface area contributed by atoms with Crippen LogP contribution in [0.3, 0.4) is 0 Å². The van der Waals surface area contributed by atoms with Gasteiger partial charge in [0.15, 0.2) is 0 Å². The molecular formula is C13H6Cl5NO2. The molecular weight excluding hydrogens is 379 g/mol. The molecule has 3 nitrogen and oxygen atoms in total. The summed E-state index contributed by atoms with van der Waals surface area (Å²) in [5.41, 5.74) is 0.529. The molecule has 110 valence electrons. The third-order valence-electron chi connectivity index (χ3n) is 2.63. The molecule has 2 aromatic carbocycles. The normalized spacial score (nSPS) is 10.5. The Morgan fingerprint density at radius 3 is 1.86 bits per heavy atom. The summed E-state index contributed by atoms with van der Waals surface area (Å²) in [6.45, 7) is 0. The van der Waals surface area contributed by atoms with Crippen molar-refractivity contribution >= 4 is 75.3 Å². The molecule has 0 aliphatic rings. The van der Waals surface area contributed by atoms with Crippen molar-refractivity contribution in [3.05, 3.63) is 54.9 Å². The topological polar surface area (TPSA) is 49.3 Å². The lowest BCUT2D eigenvalue weighted by Gasteiger charge is -2.15. The maximum atomic E-state index is 11.2. The fourth-order valence-electron chi connectivity index (χ4n) is 1.63. The van der Waals surface area contributed by atoms with Gasteiger partial charge in [-0.1, -0.05) is 70.1 Å². The van der Waals surface area contributed by atoms with Crippen molar-refractivity contribution in [3.63, 3.8) is 0 Å². The Morgan fingerprint density at radius 2 is 1.33 bits per heavy atom. The molecule has 0 heterocycles. The molecule has 21 heavy (non-hydrogen) atoms. The highest BCUT2D eigenvalue weighted by Gasteiger charge is 2.20. The van der Waals surface area contributed by atoms with E-state index in [1.807, 2.05) is 0 Å². The van der Waals surface area contributed by atoms with E-state index in [-0.39, 0.29) is 36.4 Å². The Balaban J connectivity index is 2.58. The fourth-order valence-corrected chi connectivity index (χ4v) is 2.86. The van der Waals surface area contributed by atoms with E-state index in [1.165, 1.54) is 6.07 Å². The molecule has 0 atom stereocenters. The summed E-state index contributed by atoms with van der Waals surface area (Å²) < 4.78 is 0. The van der Waals surface area contributed by atoms with Crippen molar-refractivity contribution in [1.82, 2.24) is 0 Å². The number of rotatable bonds is 3. The van der Waals surface area contributed by atoms with Crippen LogP contribution in [-0.4, -0.2) is 11.1 Å². The monoisotopic (exact) mass is 383 g/mol. The fraction of sp³-hybridized carbons (Fsp3) is 0. The van der Waals surface area contributed by atoms with Crippen LogP contribution in [0.1, 0.15) is 10.4 Å². The molecule has 0 saturated heterocycles. The number of benzene rings is 2. The van der Waals surface area contributed by atoms with Crippen LogP contribution in [0.4, 0.5) is 11.4 Å². The number of para-hydroxylation sites is 1. The van der Waals surface area contributed by atoms with Crippen molar-refractivity contribution in [2.24, 2.45) is 0 Å². The smallest absolute Gasteiger partial charge is 0.337 e. The molecule has 2 aromatic rings. The largest absolute Gasteiger partial charge is 0.478 e. The van der Waals surface area contributed by atoms with Gasteiger partial charge in [0.25, 0.3) is 0 Å². The molecule has 0 saturated carbocycles. The minimum Gasteiger partial charge on any atom is -0.478 e. The van der Waals surface area contributed by atoms with Gasteiger partial charge in [0.1, 0.15) is 0 Å². The summed E-state index contributed by atoms with van der Waals surface area (Å²) in [7, 11) is 0. The van der Waals surface area contributed by atoms with E-state index in [2.05, 4.69) is 5.32 Å². The second kappa shape index (κ2) is 6.51. The molecule has 0 bridgehead atoms. The Hall–Kier alpha value is -0.840. The zero-order valence-corrected chi connectivity index (χ0v) is 13.8. The third kappa shape index (κ3) is 3.17. The number of anilines is 2. The molecule has 0 unspecified atom stereocenters. The van der Waals surface area contributed by atoms with Crippen LogP contribution in [0.2, 0.25) is 25.1 Å². The van der Waals surface area contributed by atoms with Crippen molar-refractivity contribution < 1.29 is 9.90 Å². The molecule has 0 aliphatic carbocycles. The van der Waals surface area contributed by atoms with E-state index in [1.54, 1.807) is 18.2 Å². The van der Waals surface area contributed by atoms with Crippen LogP contribution < -0.4 is 5.32 Å². The Labute approximate surface area is 145 Å². The summed E-state index contributed by atoms with van der Waals surface area (Å²) in [5, 5.41) is 12.2. The second-order valence-corrected chi connectivity index (χ2v) is 5.81. The number of carboxylic acid groups (broad SMARTS) is 1. The van der Waals surface area contributed by atoms with E-state index in [0.717, 1.165) is 0 Å². The Kier molecular flexibility index (Phi) is 5.12. The Morgan fingerprint density at radius 1 is 0.857 bits per heavy atom. The maximum absolute atomic E-state index is 11.2. The molecule has 0 fully saturated rings. The van der Waals surface area contributed by atoms with Gasteiger partial charge in [-0.3, -0.25) is 0 Å². The van der Waals surface area contributed by atoms with Crippen LogP contribution in [0.15, 0.2) is 24.3 Å². The van der Waals surface area contributed by atoms with Gasteiger partial charge in [0.05, 0.1) is 42.1 Å². The quantitative estimate of drug-likeness (QED) is 0.475. The summed E-state index contributed by atoms with van der Waals surface area (Å²) in [4.78, 5) is 11.2. The predicted molar refractivity (Wildman–Crippen MR) is 88.2 cm³/mol. The highest BCUT2D eigenvalue weighted by molar-refractivity contribution is 6.56. The third-order valence-corrected chi connectivity index (χ3v) is 4.90. The number of hydrogen-bond donors (Lipinski definition) is 2. The predicted octanol–water partition coefficient (Wildman–Crippen LogP) is 6.40. The first kappa shape index (κ1) is 16.5. The lowest BCUT2D eigenvalue weighted by atomic mass is 10.1. The lowest BCUT2D eigenvalue weighted by Crippen LogP contribution is -2.03. The molecule has 2 N–H and O–H groups in total. The van der Waals surface area contributed by atoms with Crippen LogP contribution >= 0.6 is 58.0 Å². The summed E-state index contributed by atoms with van der Waals surface area (Å²) in [6.07, 6.45) is 0. The van der Waals surface area contributed by atoms with Gasteiger partial charge in [-0.05, 0) is 12.1 Å². The van der Waals surface area contributed by atoms with E-state index in [0.29, 0.717) is 5.69 Å². The minimum absolute atomic E-state index is 0.0306. The first-order valence-electron chi connectivity index (χ1n) is 5.45. The number of carbonyl (C=O) groups is 1. The van der Waals surface area contributed by atoms with Gasteiger partial charge in [0.2, 0.25) is 0 Å². The van der Waals surface area contributed by atoms with Crippen LogP contribution in [0, 0.1) is 0 Å². The van der Waals surface area contributed by atoms with Gasteiger partial charge in [-0.25, -0.2) is 4.79 Å². The summed E-state index contributed by atoms with van der Waals surface area (Å²) in [6, 6.07) is 6.26. The van der Waals surface area contributed by atoms with Gasteiger partial charge >= 0.3 is 5.97 Å². The van der Waals surface area contributed by atoms with Crippen LogP contribution in [0.25, 0.3) is 0 Å². The molecule has 0 amide bonds. The zero-order valence-electron chi connectivity index (χ0n) is 10.1. The molecule has 0 aliphatic heterocycles.